The van der Waals surface area contributed by atoms with Gasteiger partial charge in [0.1, 0.15) is 0 Å². The molecule has 1 atom stereocenters. The first-order chi connectivity index (χ1) is 8.22. The molecule has 1 rings (SSSR count). The van der Waals surface area contributed by atoms with Crippen molar-refractivity contribution in [3.05, 3.63) is 60.3 Å². The summed E-state index contributed by atoms with van der Waals surface area (Å²) in [5, 5.41) is 0. The number of rotatable bonds is 7. The molecule has 1 aromatic carbocycles. The molecule has 0 radical (unpaired) electrons. The molecule has 0 fully saturated rings. The van der Waals surface area contributed by atoms with Gasteiger partial charge in [-0.25, -0.2) is 0 Å². The highest BCUT2D eigenvalue weighted by Gasteiger charge is 1.94. The van der Waals surface area contributed by atoms with Crippen LogP contribution in [0.3, 0.4) is 0 Å². The molecule has 1 aromatic rings. The van der Waals surface area contributed by atoms with E-state index in [2.05, 4.69) is 32.0 Å². The van der Waals surface area contributed by atoms with Gasteiger partial charge in [0, 0.05) is 0 Å². The molecule has 0 heterocycles. The van der Waals surface area contributed by atoms with E-state index in [0.717, 1.165) is 17.7 Å². The Hall–Kier alpha value is -1.54. The maximum absolute atomic E-state index is 5.35. The van der Waals surface area contributed by atoms with E-state index in [1.165, 1.54) is 0 Å². The lowest BCUT2D eigenvalue weighted by atomic mass is 10.1. The molecule has 0 saturated heterocycles. The summed E-state index contributed by atoms with van der Waals surface area (Å²) in [6.07, 6.45) is 5.22. The van der Waals surface area contributed by atoms with Gasteiger partial charge in [0.15, 0.2) is 0 Å². The van der Waals surface area contributed by atoms with Crippen molar-refractivity contribution in [2.24, 2.45) is 5.92 Å². The minimum atomic E-state index is 0.539. The van der Waals surface area contributed by atoms with E-state index in [-0.39, 0.29) is 0 Å². The second kappa shape index (κ2) is 7.69. The minimum Gasteiger partial charge on any atom is -0.271 e. The predicted molar refractivity (Wildman–Crippen MR) is 72.1 cm³/mol. The van der Waals surface area contributed by atoms with Crippen LogP contribution in [0.4, 0.5) is 0 Å². The van der Waals surface area contributed by atoms with Crippen molar-refractivity contribution in [2.75, 3.05) is 0 Å². The van der Waals surface area contributed by atoms with Crippen molar-refractivity contribution >= 4 is 0 Å². The molecule has 0 spiro atoms. The monoisotopic (exact) mass is 231 g/mol. The highest BCUT2D eigenvalue weighted by atomic mass is 16.6. The first kappa shape index (κ1) is 13.5. The Labute approximate surface area is 104 Å². The molecule has 1 N–H and O–H groups in total. The van der Waals surface area contributed by atoms with Gasteiger partial charge in [0.2, 0.25) is 0 Å². The number of benzene rings is 1. The zero-order chi connectivity index (χ0) is 12.5. The Morgan fingerprint density at radius 1 is 1.41 bits per heavy atom. The van der Waals surface area contributed by atoms with Gasteiger partial charge in [-0.15, -0.1) is 0 Å². The molecule has 0 aliphatic heterocycles. The van der Waals surface area contributed by atoms with Gasteiger partial charge < -0.3 is 0 Å². The normalized spacial score (nSPS) is 12.6. The van der Waals surface area contributed by atoms with Crippen molar-refractivity contribution in [1.29, 1.82) is 0 Å². The summed E-state index contributed by atoms with van der Waals surface area (Å²) in [5.74, 6) is 0.572. The fourth-order valence-electron chi connectivity index (χ4n) is 1.24. The molecule has 0 aliphatic carbocycles. The van der Waals surface area contributed by atoms with Gasteiger partial charge in [-0.2, -0.15) is 0 Å². The third-order valence-corrected chi connectivity index (χ3v) is 2.55. The lowest BCUT2D eigenvalue weighted by Gasteiger charge is -2.07. The number of hydrogen-bond donors (Lipinski definition) is 1. The van der Waals surface area contributed by atoms with Crippen LogP contribution in [-0.2, 0) is 11.4 Å². The number of hydroxylamine groups is 1. The Morgan fingerprint density at radius 2 is 2.12 bits per heavy atom. The number of nitrogens with one attached hydrogen (secondary N) is 1. The summed E-state index contributed by atoms with van der Waals surface area (Å²) in [5.41, 5.74) is 4.75. The van der Waals surface area contributed by atoms with Crippen LogP contribution in [0.15, 0.2) is 54.8 Å². The Kier molecular flexibility index (Phi) is 6.12. The van der Waals surface area contributed by atoms with Crippen molar-refractivity contribution in [3.63, 3.8) is 0 Å². The van der Waals surface area contributed by atoms with Crippen molar-refractivity contribution in [3.8, 4) is 0 Å². The van der Waals surface area contributed by atoms with Gasteiger partial charge in [0.05, 0.1) is 12.3 Å². The molecule has 0 saturated carbocycles. The van der Waals surface area contributed by atoms with E-state index < -0.39 is 0 Å². The quantitative estimate of drug-likeness (QED) is 0.569. The second-order valence-corrected chi connectivity index (χ2v) is 4.15. The maximum Gasteiger partial charge on any atom is 0.0996 e. The van der Waals surface area contributed by atoms with E-state index in [1.54, 1.807) is 0 Å². The van der Waals surface area contributed by atoms with Crippen LogP contribution in [0.1, 0.15) is 25.8 Å². The Balaban J connectivity index is 2.23. The summed E-state index contributed by atoms with van der Waals surface area (Å²) < 4.78 is 0. The molecule has 2 nitrogen and oxygen atoms in total. The molecule has 1 unspecified atom stereocenters. The average Bonchev–Trinajstić information content (AvgIpc) is 2.37. The van der Waals surface area contributed by atoms with E-state index in [1.807, 2.05) is 36.4 Å². The molecule has 2 heteroatoms. The number of allylic oxidation sites excluding steroid dienone is 2. The summed E-state index contributed by atoms with van der Waals surface area (Å²) in [7, 11) is 0. The standard InChI is InChI=1S/C15H21NO/c1-4-13(2)10-11-14(3)16-17-12-15-8-6-5-7-9-15/h5-11,13,16H,3-4,12H2,1-2H3/b11-10-. The zero-order valence-corrected chi connectivity index (χ0v) is 10.6. The van der Waals surface area contributed by atoms with E-state index in [9.17, 15) is 0 Å². The summed E-state index contributed by atoms with van der Waals surface area (Å²) in [6.45, 7) is 8.75. The smallest absolute Gasteiger partial charge is 0.0996 e. The van der Waals surface area contributed by atoms with Crippen LogP contribution in [0.25, 0.3) is 0 Å². The van der Waals surface area contributed by atoms with Gasteiger partial charge in [0.25, 0.3) is 0 Å². The molecule has 0 amide bonds. The average molecular weight is 231 g/mol. The summed E-state index contributed by atoms with van der Waals surface area (Å²) in [6, 6.07) is 10.0. The highest BCUT2D eigenvalue weighted by molar-refractivity contribution is 5.14. The lowest BCUT2D eigenvalue weighted by Crippen LogP contribution is -2.11. The van der Waals surface area contributed by atoms with Crippen LogP contribution in [0, 0.1) is 5.92 Å². The second-order valence-electron chi connectivity index (χ2n) is 4.15. The van der Waals surface area contributed by atoms with Gasteiger partial charge >= 0.3 is 0 Å². The highest BCUT2D eigenvalue weighted by Crippen LogP contribution is 2.04. The SMILES string of the molecule is C=C(/C=C\C(C)CC)NOCc1ccccc1. The van der Waals surface area contributed by atoms with Crippen molar-refractivity contribution in [1.82, 2.24) is 5.48 Å². The molecule has 17 heavy (non-hydrogen) atoms. The van der Waals surface area contributed by atoms with E-state index in [0.29, 0.717) is 12.5 Å². The number of hydrogen-bond acceptors (Lipinski definition) is 2. The van der Waals surface area contributed by atoms with E-state index >= 15 is 0 Å². The molecule has 0 bridgehead atoms. The third kappa shape index (κ3) is 5.93. The molecular formula is C15H21NO. The first-order valence-electron chi connectivity index (χ1n) is 6.01. The minimum absolute atomic E-state index is 0.539. The molecule has 0 aliphatic rings. The van der Waals surface area contributed by atoms with Crippen LogP contribution in [0.2, 0.25) is 0 Å². The Bertz CT molecular complexity index is 356. The van der Waals surface area contributed by atoms with E-state index in [4.69, 9.17) is 4.84 Å². The van der Waals surface area contributed by atoms with Crippen LogP contribution >= 0.6 is 0 Å². The van der Waals surface area contributed by atoms with Crippen LogP contribution in [-0.4, -0.2) is 0 Å². The Morgan fingerprint density at radius 3 is 2.76 bits per heavy atom. The molecular weight excluding hydrogens is 210 g/mol. The third-order valence-electron chi connectivity index (χ3n) is 2.55. The fourth-order valence-corrected chi connectivity index (χ4v) is 1.24. The van der Waals surface area contributed by atoms with Crippen molar-refractivity contribution < 1.29 is 4.84 Å². The van der Waals surface area contributed by atoms with Crippen LogP contribution < -0.4 is 5.48 Å². The van der Waals surface area contributed by atoms with Gasteiger partial charge in [-0.05, 0) is 17.6 Å². The summed E-state index contributed by atoms with van der Waals surface area (Å²) in [4.78, 5) is 5.35. The molecule has 0 aromatic heterocycles. The van der Waals surface area contributed by atoms with Gasteiger partial charge in [-0.1, -0.05) is 63.3 Å². The largest absolute Gasteiger partial charge is 0.271 e. The summed E-state index contributed by atoms with van der Waals surface area (Å²) >= 11 is 0. The first-order valence-corrected chi connectivity index (χ1v) is 6.01. The van der Waals surface area contributed by atoms with Crippen molar-refractivity contribution in [2.45, 2.75) is 26.9 Å². The zero-order valence-electron chi connectivity index (χ0n) is 10.6. The molecule has 92 valence electrons. The van der Waals surface area contributed by atoms with Gasteiger partial charge in [-0.3, -0.25) is 10.3 Å². The topological polar surface area (TPSA) is 21.3 Å². The fraction of sp³-hybridized carbons (Fsp3) is 0.333. The maximum atomic E-state index is 5.35. The predicted octanol–water partition coefficient (Wildman–Crippen LogP) is 3.82. The lowest BCUT2D eigenvalue weighted by molar-refractivity contribution is 0.0519. The van der Waals surface area contributed by atoms with Crippen LogP contribution in [0.5, 0.6) is 0 Å².